The summed E-state index contributed by atoms with van der Waals surface area (Å²) >= 11 is 0. The highest BCUT2D eigenvalue weighted by molar-refractivity contribution is 5.85. The molecule has 5 aromatic rings. The minimum Gasteiger partial charge on any atom is -0.488 e. The van der Waals surface area contributed by atoms with Crippen molar-refractivity contribution in [2.45, 2.75) is 26.1 Å². The Kier molecular flexibility index (Phi) is 8.05. The molecule has 0 bridgehead atoms. The summed E-state index contributed by atoms with van der Waals surface area (Å²) in [6.45, 7) is 1.98. The minimum absolute atomic E-state index is 0.126. The van der Waals surface area contributed by atoms with Crippen LogP contribution in [0.4, 0.5) is 26.3 Å². The highest BCUT2D eigenvalue weighted by atomic mass is 19.4. The Balaban J connectivity index is 1.37. The molecule has 3 aromatic carbocycles. The number of alkyl halides is 6. The average Bonchev–Trinajstić information content (AvgIpc) is 3.44. The van der Waals surface area contributed by atoms with Gasteiger partial charge >= 0.3 is 18.5 Å². The lowest BCUT2D eigenvalue weighted by atomic mass is 10.00. The van der Waals surface area contributed by atoms with Crippen molar-refractivity contribution in [1.29, 1.82) is 0 Å². The fourth-order valence-corrected chi connectivity index (χ4v) is 4.40. The lowest BCUT2D eigenvalue weighted by Crippen LogP contribution is -2.16. The SMILES string of the molecule is Cc1cc(-c2ccc(OC(F)(F)F)cc2)ccc1COc1ccccc1-c1cccc(-n2nc(C(=O)O)cc2C(F)(F)F)n1. The molecule has 0 saturated heterocycles. The number of nitrogens with zero attached hydrogens (tertiary/aromatic N) is 3. The molecule has 2 aromatic heterocycles. The van der Waals surface area contributed by atoms with Gasteiger partial charge in [-0.3, -0.25) is 0 Å². The molecular formula is C31H21F6N3O4. The van der Waals surface area contributed by atoms with E-state index in [1.807, 2.05) is 19.1 Å². The summed E-state index contributed by atoms with van der Waals surface area (Å²) < 4.78 is 88.7. The average molecular weight is 614 g/mol. The number of carbonyl (C=O) groups is 1. The van der Waals surface area contributed by atoms with E-state index in [1.54, 1.807) is 36.4 Å². The first-order chi connectivity index (χ1) is 20.8. The number of aromatic nitrogens is 3. The van der Waals surface area contributed by atoms with Crippen LogP contribution in [0.15, 0.2) is 91.0 Å². The van der Waals surface area contributed by atoms with Gasteiger partial charge < -0.3 is 14.6 Å². The largest absolute Gasteiger partial charge is 0.573 e. The fraction of sp³-hybridized carbons (Fsp3) is 0.129. The van der Waals surface area contributed by atoms with Gasteiger partial charge in [0.15, 0.2) is 17.2 Å². The third-order valence-corrected chi connectivity index (χ3v) is 6.48. The Hall–Kier alpha value is -5.33. The summed E-state index contributed by atoms with van der Waals surface area (Å²) in [6, 6.07) is 22.6. The van der Waals surface area contributed by atoms with Gasteiger partial charge in [-0.25, -0.2) is 14.5 Å². The highest BCUT2D eigenvalue weighted by Gasteiger charge is 2.37. The molecule has 0 atom stereocenters. The van der Waals surface area contributed by atoms with E-state index in [0.29, 0.717) is 27.6 Å². The normalized spacial score (nSPS) is 11.8. The quantitative estimate of drug-likeness (QED) is 0.178. The highest BCUT2D eigenvalue weighted by Crippen LogP contribution is 2.34. The number of pyridine rings is 1. The van der Waals surface area contributed by atoms with E-state index in [9.17, 15) is 36.2 Å². The molecule has 7 nitrogen and oxygen atoms in total. The number of hydrogen-bond donors (Lipinski definition) is 1. The number of aromatic carboxylic acids is 1. The molecule has 1 N–H and O–H groups in total. The molecule has 0 aliphatic carbocycles. The van der Waals surface area contributed by atoms with Crippen LogP contribution in [0, 0.1) is 6.92 Å². The van der Waals surface area contributed by atoms with Gasteiger partial charge in [-0.2, -0.15) is 18.3 Å². The smallest absolute Gasteiger partial charge is 0.488 e. The van der Waals surface area contributed by atoms with Crippen molar-refractivity contribution in [2.75, 3.05) is 0 Å². The van der Waals surface area contributed by atoms with E-state index >= 15 is 0 Å². The van der Waals surface area contributed by atoms with E-state index < -0.39 is 29.9 Å². The van der Waals surface area contributed by atoms with E-state index in [0.717, 1.165) is 16.7 Å². The third-order valence-electron chi connectivity index (χ3n) is 6.48. The Bertz CT molecular complexity index is 1810. The maximum atomic E-state index is 13.6. The van der Waals surface area contributed by atoms with Gasteiger partial charge in [0, 0.05) is 11.6 Å². The van der Waals surface area contributed by atoms with Gasteiger partial charge in [0.1, 0.15) is 18.1 Å². The van der Waals surface area contributed by atoms with Gasteiger partial charge in [0.25, 0.3) is 0 Å². The number of para-hydroxylation sites is 1. The van der Waals surface area contributed by atoms with Crippen molar-refractivity contribution in [3.63, 3.8) is 0 Å². The molecule has 0 aliphatic heterocycles. The van der Waals surface area contributed by atoms with Gasteiger partial charge in [-0.05, 0) is 65.6 Å². The Labute approximate surface area is 245 Å². The van der Waals surface area contributed by atoms with E-state index in [4.69, 9.17) is 4.74 Å². The number of rotatable bonds is 8. The van der Waals surface area contributed by atoms with Crippen LogP contribution < -0.4 is 9.47 Å². The first-order valence-electron chi connectivity index (χ1n) is 12.8. The fourth-order valence-electron chi connectivity index (χ4n) is 4.40. The molecule has 2 heterocycles. The standard InChI is InChI=1S/C31H21F6N3O4/c1-18-15-20(19-11-13-22(14-12-19)44-31(35,36)37)9-10-21(18)17-43-26-7-3-2-5-23(26)24-6-4-8-28(38-24)40-27(30(32,33)34)16-25(39-40)29(41)42/h2-16H,17H2,1H3,(H,41,42). The summed E-state index contributed by atoms with van der Waals surface area (Å²) in [5.41, 5.74) is 1.81. The summed E-state index contributed by atoms with van der Waals surface area (Å²) in [7, 11) is 0. The molecule has 0 fully saturated rings. The summed E-state index contributed by atoms with van der Waals surface area (Å²) in [5, 5.41) is 12.8. The molecule has 0 spiro atoms. The monoisotopic (exact) mass is 613 g/mol. The number of carboxylic acids is 1. The second-order valence-corrected chi connectivity index (χ2v) is 9.51. The molecule has 226 valence electrons. The van der Waals surface area contributed by atoms with Crippen molar-refractivity contribution < 1.29 is 45.7 Å². The van der Waals surface area contributed by atoms with Crippen molar-refractivity contribution in [3.8, 4) is 39.7 Å². The molecule has 0 aliphatic rings. The van der Waals surface area contributed by atoms with E-state index in [2.05, 4.69) is 14.8 Å². The van der Waals surface area contributed by atoms with Crippen molar-refractivity contribution in [3.05, 3.63) is 114 Å². The maximum absolute atomic E-state index is 13.6. The molecule has 0 radical (unpaired) electrons. The van der Waals surface area contributed by atoms with Crippen molar-refractivity contribution >= 4 is 5.97 Å². The zero-order chi connectivity index (χ0) is 31.6. The van der Waals surface area contributed by atoms with Crippen LogP contribution in [0.2, 0.25) is 0 Å². The van der Waals surface area contributed by atoms with Gasteiger partial charge in [0.2, 0.25) is 0 Å². The molecule has 13 heteroatoms. The van der Waals surface area contributed by atoms with E-state index in [-0.39, 0.29) is 23.9 Å². The Morgan fingerprint density at radius 1 is 0.864 bits per heavy atom. The van der Waals surface area contributed by atoms with Crippen molar-refractivity contribution in [1.82, 2.24) is 14.8 Å². The number of halogens is 6. The third kappa shape index (κ3) is 6.83. The first-order valence-corrected chi connectivity index (χ1v) is 12.8. The molecule has 44 heavy (non-hydrogen) atoms. The zero-order valence-electron chi connectivity index (χ0n) is 22.6. The summed E-state index contributed by atoms with van der Waals surface area (Å²) in [5.74, 6) is -1.77. The second-order valence-electron chi connectivity index (χ2n) is 9.51. The predicted octanol–water partition coefficient (Wildman–Crippen LogP) is 8.10. The minimum atomic E-state index is -4.88. The van der Waals surface area contributed by atoms with Gasteiger partial charge in [-0.15, -0.1) is 13.2 Å². The van der Waals surface area contributed by atoms with E-state index in [1.165, 1.54) is 36.4 Å². The van der Waals surface area contributed by atoms with Crippen LogP contribution >= 0.6 is 0 Å². The van der Waals surface area contributed by atoms with Crippen LogP contribution in [-0.2, 0) is 12.8 Å². The lowest BCUT2D eigenvalue weighted by molar-refractivity contribution is -0.274. The molecule has 0 amide bonds. The van der Waals surface area contributed by atoms with Crippen molar-refractivity contribution in [2.24, 2.45) is 0 Å². The lowest BCUT2D eigenvalue weighted by Gasteiger charge is -2.15. The zero-order valence-corrected chi connectivity index (χ0v) is 22.6. The van der Waals surface area contributed by atoms with Crippen LogP contribution in [-0.4, -0.2) is 32.2 Å². The predicted molar refractivity (Wildman–Crippen MR) is 146 cm³/mol. The van der Waals surface area contributed by atoms with Crippen LogP contribution in [0.1, 0.15) is 27.3 Å². The first kappa shape index (κ1) is 30.1. The molecule has 0 unspecified atom stereocenters. The Morgan fingerprint density at radius 3 is 2.23 bits per heavy atom. The Morgan fingerprint density at radius 2 is 1.57 bits per heavy atom. The number of benzene rings is 3. The molecule has 0 saturated carbocycles. The summed E-state index contributed by atoms with van der Waals surface area (Å²) in [4.78, 5) is 15.6. The van der Waals surface area contributed by atoms with Crippen LogP contribution in [0.25, 0.3) is 28.2 Å². The number of ether oxygens (including phenoxy) is 2. The number of carboxylic acid groups (broad SMARTS) is 1. The van der Waals surface area contributed by atoms with Crippen LogP contribution in [0.3, 0.4) is 0 Å². The summed E-state index contributed by atoms with van der Waals surface area (Å²) in [6.07, 6.45) is -9.66. The number of aryl methyl sites for hydroxylation is 1. The van der Waals surface area contributed by atoms with Crippen LogP contribution in [0.5, 0.6) is 11.5 Å². The van der Waals surface area contributed by atoms with Gasteiger partial charge in [-0.1, -0.05) is 48.5 Å². The molecular weight excluding hydrogens is 592 g/mol. The second kappa shape index (κ2) is 11.7. The number of hydrogen-bond acceptors (Lipinski definition) is 5. The molecule has 5 rings (SSSR count). The maximum Gasteiger partial charge on any atom is 0.573 e. The topological polar surface area (TPSA) is 86.5 Å². The van der Waals surface area contributed by atoms with Gasteiger partial charge in [0.05, 0.1) is 5.69 Å².